The van der Waals surface area contributed by atoms with Crippen LogP contribution in [-0.2, 0) is 0 Å². The lowest BCUT2D eigenvalue weighted by molar-refractivity contribution is 0.0977. The average molecular weight is 230 g/mol. The lowest BCUT2D eigenvalue weighted by atomic mass is 10.3. The van der Waals surface area contributed by atoms with Crippen molar-refractivity contribution in [2.45, 2.75) is 6.92 Å². The third-order valence-corrected chi connectivity index (χ3v) is 2.38. The molecule has 0 aliphatic carbocycles. The van der Waals surface area contributed by atoms with Gasteiger partial charge in [0.2, 0.25) is 0 Å². The summed E-state index contributed by atoms with van der Waals surface area (Å²) in [4.78, 5) is 11.2. The molecule has 0 aliphatic rings. The highest BCUT2D eigenvalue weighted by Crippen LogP contribution is 2.25. The molecule has 1 rings (SSSR count). The molecule has 1 aromatic heterocycles. The summed E-state index contributed by atoms with van der Waals surface area (Å²) < 4.78 is 10.8. The second-order valence-corrected chi connectivity index (χ2v) is 3.82. The van der Waals surface area contributed by atoms with Crippen LogP contribution >= 0.6 is 11.3 Å². The molecule has 0 amide bonds. The summed E-state index contributed by atoms with van der Waals surface area (Å²) in [5.74, 6) is 0. The fourth-order valence-electron chi connectivity index (χ4n) is 0.838. The molecule has 1 heterocycles. The molecule has 0 saturated heterocycles. The number of carbonyl (C=O) groups excluding carboxylic acids is 1. The van der Waals surface area contributed by atoms with Crippen LogP contribution in [0.4, 0.5) is 10.2 Å². The van der Waals surface area contributed by atoms with Crippen LogP contribution in [0.3, 0.4) is 0 Å². The molecular formula is C10H15FN2OS. The van der Waals surface area contributed by atoms with Gasteiger partial charge in [-0.1, -0.05) is 6.58 Å². The van der Waals surface area contributed by atoms with E-state index in [1.165, 1.54) is 25.4 Å². The lowest BCUT2D eigenvalue weighted by Crippen LogP contribution is -1.91. The van der Waals surface area contributed by atoms with E-state index in [0.717, 1.165) is 22.4 Å². The van der Waals surface area contributed by atoms with E-state index in [1.807, 2.05) is 12.3 Å². The second kappa shape index (κ2) is 7.14. The second-order valence-electron chi connectivity index (χ2n) is 2.91. The molecule has 0 radical (unpaired) electrons. The maximum absolute atomic E-state index is 10.8. The minimum Gasteiger partial charge on any atom is -0.361 e. The zero-order valence-corrected chi connectivity index (χ0v) is 9.90. The van der Waals surface area contributed by atoms with E-state index in [1.54, 1.807) is 6.20 Å². The molecule has 3 nitrogen and oxygen atoms in total. The van der Waals surface area contributed by atoms with Gasteiger partial charge in [-0.15, -0.1) is 15.8 Å². The first kappa shape index (κ1) is 13.8. The van der Waals surface area contributed by atoms with Crippen LogP contribution < -0.4 is 5.32 Å². The monoisotopic (exact) mass is 230 g/mol. The molecule has 0 bridgehead atoms. The highest BCUT2D eigenvalue weighted by molar-refractivity contribution is 7.12. The molecule has 0 unspecified atom stereocenters. The van der Waals surface area contributed by atoms with Gasteiger partial charge in [0.15, 0.2) is 6.29 Å². The van der Waals surface area contributed by atoms with Gasteiger partial charge in [0.25, 0.3) is 0 Å². The van der Waals surface area contributed by atoms with Crippen LogP contribution in [0, 0.1) is 6.92 Å². The Bertz CT molecular complexity index is 320. The van der Waals surface area contributed by atoms with E-state index in [-0.39, 0.29) is 0 Å². The Morgan fingerprint density at radius 3 is 2.53 bits per heavy atom. The lowest BCUT2D eigenvalue weighted by Gasteiger charge is -1.98. The number of aryl methyl sites for hydroxylation is 1. The molecule has 0 saturated carbocycles. The van der Waals surface area contributed by atoms with E-state index >= 15 is 0 Å². The largest absolute Gasteiger partial charge is 0.361 e. The Kier molecular flexibility index (Phi) is 6.57. The number of thiophene rings is 1. The topological polar surface area (TPSA) is 32.3 Å². The smallest absolute Gasteiger partial charge is 0.162 e. The predicted molar refractivity (Wildman–Crippen MR) is 63.1 cm³/mol. The quantitative estimate of drug-likeness (QED) is 0.640. The van der Waals surface area contributed by atoms with Crippen LogP contribution in [0.2, 0.25) is 0 Å². The van der Waals surface area contributed by atoms with Gasteiger partial charge in [-0.3, -0.25) is 4.79 Å². The molecule has 0 fully saturated rings. The highest BCUT2D eigenvalue weighted by Gasteiger charge is 2.04. The van der Waals surface area contributed by atoms with Crippen LogP contribution in [0.15, 0.2) is 18.2 Å². The van der Waals surface area contributed by atoms with Crippen LogP contribution in [-0.4, -0.2) is 25.5 Å². The number of halogens is 1. The zero-order valence-electron chi connectivity index (χ0n) is 9.08. The molecule has 15 heavy (non-hydrogen) atoms. The summed E-state index contributed by atoms with van der Waals surface area (Å²) >= 11 is 1.44. The number of anilines is 1. The van der Waals surface area contributed by atoms with E-state index in [0.29, 0.717) is 5.12 Å². The minimum absolute atomic E-state index is 0.500. The predicted octanol–water partition coefficient (Wildman–Crippen LogP) is 2.86. The van der Waals surface area contributed by atoms with Crippen molar-refractivity contribution in [3.63, 3.8) is 0 Å². The van der Waals surface area contributed by atoms with Crippen LogP contribution in [0.1, 0.15) is 15.2 Å². The van der Waals surface area contributed by atoms with E-state index in [4.69, 9.17) is 0 Å². The number of hydrogen-bond donors (Lipinski definition) is 1. The SMILES string of the molecule is C=CNc1c(C)csc1C=O.CN(C)F. The molecule has 0 aliphatic heterocycles. The maximum atomic E-state index is 10.8. The molecule has 5 heteroatoms. The molecule has 0 atom stereocenters. The Labute approximate surface area is 93.1 Å². The van der Waals surface area contributed by atoms with Gasteiger partial charge in [-0.2, -0.15) is 5.12 Å². The van der Waals surface area contributed by atoms with Gasteiger partial charge in [0.05, 0.1) is 10.6 Å². The zero-order chi connectivity index (χ0) is 11.8. The molecular weight excluding hydrogens is 215 g/mol. The average Bonchev–Trinajstić information content (AvgIpc) is 2.48. The molecule has 0 spiro atoms. The van der Waals surface area contributed by atoms with Gasteiger partial charge in [-0.05, 0) is 24.1 Å². The number of aldehydes is 1. The Morgan fingerprint density at radius 2 is 2.13 bits per heavy atom. The summed E-state index contributed by atoms with van der Waals surface area (Å²) in [5.41, 5.74) is 1.96. The van der Waals surface area contributed by atoms with Crippen molar-refractivity contribution in [2.24, 2.45) is 0 Å². The Hall–Kier alpha value is -1.20. The fourth-order valence-corrected chi connectivity index (χ4v) is 1.65. The number of nitrogens with one attached hydrogen (secondary N) is 1. The summed E-state index contributed by atoms with van der Waals surface area (Å²) in [7, 11) is 2.67. The Morgan fingerprint density at radius 1 is 1.60 bits per heavy atom. The van der Waals surface area contributed by atoms with Gasteiger partial charge >= 0.3 is 0 Å². The summed E-state index contributed by atoms with van der Waals surface area (Å²) in [6, 6.07) is 0. The first-order valence-electron chi connectivity index (χ1n) is 4.26. The van der Waals surface area contributed by atoms with Crippen molar-refractivity contribution >= 4 is 23.3 Å². The highest BCUT2D eigenvalue weighted by atomic mass is 32.1. The minimum atomic E-state index is 0.500. The third-order valence-electron chi connectivity index (χ3n) is 1.36. The van der Waals surface area contributed by atoms with Crippen LogP contribution in [0.25, 0.3) is 0 Å². The summed E-state index contributed by atoms with van der Waals surface area (Å²) in [5, 5.41) is 5.36. The van der Waals surface area contributed by atoms with Gasteiger partial charge < -0.3 is 5.32 Å². The van der Waals surface area contributed by atoms with E-state index in [2.05, 4.69) is 11.9 Å². The number of rotatable bonds is 3. The maximum Gasteiger partial charge on any atom is 0.162 e. The first-order chi connectivity index (χ1) is 7.02. The molecule has 1 aromatic rings. The number of carbonyl (C=O) groups is 1. The van der Waals surface area contributed by atoms with Crippen LogP contribution in [0.5, 0.6) is 0 Å². The summed E-state index contributed by atoms with van der Waals surface area (Å²) in [6.45, 7) is 5.48. The summed E-state index contributed by atoms with van der Waals surface area (Å²) in [6.07, 6.45) is 2.42. The number of hydrogen-bond acceptors (Lipinski definition) is 4. The van der Waals surface area contributed by atoms with E-state index < -0.39 is 0 Å². The van der Waals surface area contributed by atoms with Crippen molar-refractivity contribution in [1.82, 2.24) is 5.12 Å². The van der Waals surface area contributed by atoms with Crippen molar-refractivity contribution < 1.29 is 9.28 Å². The fraction of sp³-hybridized carbons (Fsp3) is 0.300. The van der Waals surface area contributed by atoms with Gasteiger partial charge in [0, 0.05) is 14.1 Å². The van der Waals surface area contributed by atoms with Gasteiger partial charge in [0.1, 0.15) is 0 Å². The molecule has 84 valence electrons. The standard InChI is InChI=1S/C8H9NOS.C2H6FN/c1-3-9-8-6(2)5-11-7(8)4-10;1-4(2)3/h3-5,9H,1H2,2H3;1-2H3. The molecule has 0 aromatic carbocycles. The van der Waals surface area contributed by atoms with Gasteiger partial charge in [-0.25, -0.2) is 0 Å². The third kappa shape index (κ3) is 5.29. The van der Waals surface area contributed by atoms with Crippen molar-refractivity contribution in [1.29, 1.82) is 0 Å². The number of nitrogens with zero attached hydrogens (tertiary/aromatic N) is 1. The van der Waals surface area contributed by atoms with Crippen molar-refractivity contribution in [3.05, 3.63) is 28.6 Å². The first-order valence-corrected chi connectivity index (χ1v) is 5.14. The van der Waals surface area contributed by atoms with Crippen molar-refractivity contribution in [2.75, 3.05) is 19.4 Å². The normalized spacial score (nSPS) is 9.13. The van der Waals surface area contributed by atoms with Crippen molar-refractivity contribution in [3.8, 4) is 0 Å². The Balaban J connectivity index is 0.000000423. The van der Waals surface area contributed by atoms with E-state index in [9.17, 15) is 9.28 Å². The molecule has 1 N–H and O–H groups in total.